The maximum Gasteiger partial charge on any atom is 0.154 e. The Hall–Kier alpha value is -1.53. The summed E-state index contributed by atoms with van der Waals surface area (Å²) < 4.78 is 11.6. The summed E-state index contributed by atoms with van der Waals surface area (Å²) in [6, 6.07) is 10.5. The van der Waals surface area contributed by atoms with Crippen molar-refractivity contribution in [1.29, 1.82) is 0 Å². The van der Waals surface area contributed by atoms with Crippen molar-refractivity contribution in [3.8, 4) is 0 Å². The van der Waals surface area contributed by atoms with E-state index in [1.165, 1.54) is 53.8 Å². The number of aryl methyl sites for hydroxylation is 1. The van der Waals surface area contributed by atoms with Crippen molar-refractivity contribution < 1.29 is 4.55 Å². The van der Waals surface area contributed by atoms with E-state index < -0.39 is 11.2 Å². The molecule has 1 aliphatic rings. The zero-order valence-electron chi connectivity index (χ0n) is 15.7. The fraction of sp³-hybridized carbons (Fsp3) is 0.364. The Bertz CT molecular complexity index is 912. The Morgan fingerprint density at radius 2 is 2.19 bits per heavy atom. The fourth-order valence-electron chi connectivity index (χ4n) is 3.80. The molecule has 142 valence electrons. The minimum atomic E-state index is -0.928. The lowest BCUT2D eigenvalue weighted by Gasteiger charge is -2.25. The van der Waals surface area contributed by atoms with E-state index in [0.717, 1.165) is 23.4 Å². The average molecular weight is 399 g/mol. The van der Waals surface area contributed by atoms with Gasteiger partial charge in [0.15, 0.2) is 4.90 Å². The minimum absolute atomic E-state index is 0.885. The average Bonchev–Trinajstić information content (AvgIpc) is 3.35. The monoisotopic (exact) mass is 398 g/mol. The molecule has 1 aromatic carbocycles. The van der Waals surface area contributed by atoms with Crippen LogP contribution in [0.15, 0.2) is 52.9 Å². The lowest BCUT2D eigenvalue weighted by molar-refractivity contribution is 0.295. The molecule has 0 radical (unpaired) electrons. The van der Waals surface area contributed by atoms with Crippen LogP contribution < -0.4 is 0 Å². The summed E-state index contributed by atoms with van der Waals surface area (Å²) in [5.41, 5.74) is 3.99. The van der Waals surface area contributed by atoms with Gasteiger partial charge < -0.3 is 9.54 Å². The second-order valence-electron chi connectivity index (χ2n) is 7.19. The number of nitrogens with zero attached hydrogens (tertiary/aromatic N) is 1. The van der Waals surface area contributed by atoms with Gasteiger partial charge in [-0.3, -0.25) is 4.90 Å². The lowest BCUT2D eigenvalue weighted by Crippen LogP contribution is -2.29. The summed E-state index contributed by atoms with van der Waals surface area (Å²) in [6.45, 7) is 3.43. The maximum absolute atomic E-state index is 11.6. The number of H-pyrrole nitrogens is 1. The number of aromatic nitrogens is 1. The van der Waals surface area contributed by atoms with E-state index in [1.807, 2.05) is 23.5 Å². The summed E-state index contributed by atoms with van der Waals surface area (Å²) in [6.07, 6.45) is 10.9. The van der Waals surface area contributed by atoms with Crippen molar-refractivity contribution in [3.05, 3.63) is 58.4 Å². The SMILES string of the molecule is C[S+]([O-])c1ccc2c(CCCCN3CC=C(c4cccs4)CC3)c[nH]c2c1. The third-order valence-corrected chi connectivity index (χ3v) is 7.24. The molecule has 5 heteroatoms. The highest BCUT2D eigenvalue weighted by Crippen LogP contribution is 2.26. The summed E-state index contributed by atoms with van der Waals surface area (Å²) in [7, 11) is 0. The Balaban J connectivity index is 1.25. The van der Waals surface area contributed by atoms with Gasteiger partial charge in [-0.15, -0.1) is 11.3 Å². The molecule has 1 N–H and O–H groups in total. The normalized spacial score (nSPS) is 16.6. The highest BCUT2D eigenvalue weighted by atomic mass is 32.2. The van der Waals surface area contributed by atoms with Crippen LogP contribution in [0, 0.1) is 0 Å². The largest absolute Gasteiger partial charge is 0.612 e. The van der Waals surface area contributed by atoms with E-state index in [9.17, 15) is 4.55 Å². The Kier molecular flexibility index (Phi) is 6.03. The molecule has 0 aliphatic carbocycles. The molecule has 1 unspecified atom stereocenters. The van der Waals surface area contributed by atoms with Crippen molar-refractivity contribution in [3.63, 3.8) is 0 Å². The van der Waals surface area contributed by atoms with Crippen molar-refractivity contribution in [2.24, 2.45) is 0 Å². The van der Waals surface area contributed by atoms with Crippen LogP contribution in [0.3, 0.4) is 0 Å². The van der Waals surface area contributed by atoms with Gasteiger partial charge in [0.2, 0.25) is 0 Å². The van der Waals surface area contributed by atoms with Gasteiger partial charge in [-0.05, 0) is 78.1 Å². The van der Waals surface area contributed by atoms with Crippen LogP contribution in [0.2, 0.25) is 0 Å². The van der Waals surface area contributed by atoms with Crippen molar-refractivity contribution in [1.82, 2.24) is 9.88 Å². The number of unbranched alkanes of at least 4 members (excludes halogenated alkanes) is 1. The molecule has 0 saturated carbocycles. The number of fused-ring (bicyclic) bond motifs is 1. The summed E-state index contributed by atoms with van der Waals surface area (Å²) in [5.74, 6) is 0. The molecule has 0 bridgehead atoms. The van der Waals surface area contributed by atoms with Gasteiger partial charge in [-0.2, -0.15) is 0 Å². The van der Waals surface area contributed by atoms with Crippen molar-refractivity contribution in [2.75, 3.05) is 25.9 Å². The smallest absolute Gasteiger partial charge is 0.154 e. The van der Waals surface area contributed by atoms with E-state index in [1.54, 1.807) is 6.26 Å². The van der Waals surface area contributed by atoms with Crippen LogP contribution in [0.25, 0.3) is 16.5 Å². The van der Waals surface area contributed by atoms with Gasteiger partial charge in [0.05, 0.1) is 5.52 Å². The second kappa shape index (κ2) is 8.65. The van der Waals surface area contributed by atoms with Crippen LogP contribution in [-0.2, 0) is 17.6 Å². The van der Waals surface area contributed by atoms with Crippen LogP contribution in [-0.4, -0.2) is 40.3 Å². The highest BCUT2D eigenvalue weighted by Gasteiger charge is 2.13. The predicted molar refractivity (Wildman–Crippen MR) is 117 cm³/mol. The molecule has 0 fully saturated rings. The molecule has 2 aromatic heterocycles. The first kappa shape index (κ1) is 18.8. The molecule has 0 spiro atoms. The maximum atomic E-state index is 11.6. The second-order valence-corrected chi connectivity index (χ2v) is 9.52. The number of hydrogen-bond donors (Lipinski definition) is 1. The molecule has 3 nitrogen and oxygen atoms in total. The number of rotatable bonds is 7. The van der Waals surface area contributed by atoms with Gasteiger partial charge in [0.25, 0.3) is 0 Å². The van der Waals surface area contributed by atoms with Crippen molar-refractivity contribution >= 4 is 39.0 Å². The van der Waals surface area contributed by atoms with Crippen LogP contribution in [0.5, 0.6) is 0 Å². The van der Waals surface area contributed by atoms with Crippen LogP contribution in [0.1, 0.15) is 29.7 Å². The van der Waals surface area contributed by atoms with Crippen molar-refractivity contribution in [2.45, 2.75) is 30.6 Å². The van der Waals surface area contributed by atoms with Gasteiger partial charge in [0.1, 0.15) is 6.26 Å². The van der Waals surface area contributed by atoms with E-state index in [0.29, 0.717) is 0 Å². The van der Waals surface area contributed by atoms with Gasteiger partial charge >= 0.3 is 0 Å². The highest BCUT2D eigenvalue weighted by molar-refractivity contribution is 7.90. The molecular weight excluding hydrogens is 372 g/mol. The predicted octanol–water partition coefficient (Wildman–Crippen LogP) is 5.08. The molecular formula is C22H26N2OS2. The van der Waals surface area contributed by atoms with Gasteiger partial charge in [0, 0.05) is 35.6 Å². The zero-order valence-corrected chi connectivity index (χ0v) is 17.4. The first-order valence-corrected chi connectivity index (χ1v) is 12.0. The van der Waals surface area contributed by atoms with Gasteiger partial charge in [-0.1, -0.05) is 12.1 Å². The van der Waals surface area contributed by atoms with E-state index >= 15 is 0 Å². The molecule has 0 saturated heterocycles. The molecule has 1 atom stereocenters. The summed E-state index contributed by atoms with van der Waals surface area (Å²) in [5, 5.41) is 3.43. The zero-order chi connectivity index (χ0) is 18.6. The summed E-state index contributed by atoms with van der Waals surface area (Å²) >= 11 is 0.919. The third kappa shape index (κ3) is 4.49. The fourth-order valence-corrected chi connectivity index (χ4v) is 5.14. The minimum Gasteiger partial charge on any atom is -0.612 e. The van der Waals surface area contributed by atoms with Gasteiger partial charge in [-0.25, -0.2) is 0 Å². The van der Waals surface area contributed by atoms with E-state index in [-0.39, 0.29) is 0 Å². The Morgan fingerprint density at radius 3 is 2.93 bits per heavy atom. The Labute approximate surface area is 168 Å². The number of aromatic amines is 1. The molecule has 27 heavy (non-hydrogen) atoms. The van der Waals surface area contributed by atoms with Crippen LogP contribution in [0.4, 0.5) is 0 Å². The Morgan fingerprint density at radius 1 is 1.26 bits per heavy atom. The molecule has 1 aliphatic heterocycles. The number of benzene rings is 1. The molecule has 3 heterocycles. The van der Waals surface area contributed by atoms with E-state index in [4.69, 9.17) is 0 Å². The molecule has 3 aromatic rings. The topological polar surface area (TPSA) is 42.1 Å². The van der Waals surface area contributed by atoms with Crippen LogP contribution >= 0.6 is 11.3 Å². The number of thiophene rings is 1. The standard InChI is InChI=1S/C22H26N2OS2/c1-27(25)19-7-8-20-18(16-23-21(20)15-19)5-2-3-11-24-12-9-17(10-13-24)22-6-4-14-26-22/h4,6-9,14-16,23H,2-3,5,10-13H2,1H3. The van der Waals surface area contributed by atoms with E-state index in [2.05, 4.69) is 45.7 Å². The number of hydrogen-bond acceptors (Lipinski definition) is 3. The lowest BCUT2D eigenvalue weighted by atomic mass is 10.0. The quantitative estimate of drug-likeness (QED) is 0.445. The summed E-state index contributed by atoms with van der Waals surface area (Å²) in [4.78, 5) is 8.22. The first-order chi connectivity index (χ1) is 13.2. The number of nitrogens with one attached hydrogen (secondary N) is 1. The first-order valence-electron chi connectivity index (χ1n) is 9.59. The molecule has 0 amide bonds. The molecule has 4 rings (SSSR count). The third-order valence-electron chi connectivity index (χ3n) is 5.37.